The normalized spacial score (nSPS) is 16.9. The van der Waals surface area contributed by atoms with Crippen LogP contribution in [0.5, 0.6) is 0 Å². The van der Waals surface area contributed by atoms with Crippen molar-refractivity contribution >= 4 is 0 Å². The largest absolute Gasteiger partial charge is 0.322 e. The van der Waals surface area contributed by atoms with E-state index in [1.807, 2.05) is 6.92 Å². The van der Waals surface area contributed by atoms with E-state index in [9.17, 15) is 0 Å². The summed E-state index contributed by atoms with van der Waals surface area (Å²) < 4.78 is 0. The summed E-state index contributed by atoms with van der Waals surface area (Å²) in [4.78, 5) is 9.02. The molecule has 1 atom stereocenters. The Bertz CT molecular complexity index is 371. The number of fused-ring (bicyclic) bond motifs is 1. The average Bonchev–Trinajstić information content (AvgIpc) is 2.62. The van der Waals surface area contributed by atoms with E-state index in [-0.39, 0.29) is 6.04 Å². The second-order valence-electron chi connectivity index (χ2n) is 4.70. The minimum atomic E-state index is 0.0542. The first kappa shape index (κ1) is 10.6. The van der Waals surface area contributed by atoms with E-state index in [2.05, 4.69) is 23.8 Å². The fourth-order valence-electron chi connectivity index (χ4n) is 2.18. The van der Waals surface area contributed by atoms with Crippen LogP contribution in [0.2, 0.25) is 0 Å². The Morgan fingerprint density at radius 1 is 1.20 bits per heavy atom. The second-order valence-corrected chi connectivity index (χ2v) is 4.70. The highest BCUT2D eigenvalue weighted by atomic mass is 14.9. The summed E-state index contributed by atoms with van der Waals surface area (Å²) in [6, 6.07) is 0.0542. The first-order valence-corrected chi connectivity index (χ1v) is 5.71. The molecule has 3 heteroatoms. The van der Waals surface area contributed by atoms with Gasteiger partial charge in [-0.15, -0.1) is 0 Å². The van der Waals surface area contributed by atoms with E-state index in [0.717, 1.165) is 24.4 Å². The molecule has 1 aromatic rings. The van der Waals surface area contributed by atoms with Crippen molar-refractivity contribution in [2.75, 3.05) is 0 Å². The van der Waals surface area contributed by atoms with Crippen molar-refractivity contribution in [2.45, 2.75) is 46.1 Å². The molecule has 1 aromatic heterocycles. The number of aromatic nitrogens is 2. The molecule has 82 valence electrons. The molecule has 1 aliphatic carbocycles. The highest BCUT2D eigenvalue weighted by molar-refractivity contribution is 5.32. The Kier molecular flexibility index (Phi) is 2.74. The van der Waals surface area contributed by atoms with Crippen LogP contribution >= 0.6 is 0 Å². The van der Waals surface area contributed by atoms with Crippen LogP contribution in [-0.4, -0.2) is 9.97 Å². The molecule has 0 fully saturated rings. The molecule has 0 aromatic carbocycles. The van der Waals surface area contributed by atoms with E-state index >= 15 is 0 Å². The van der Waals surface area contributed by atoms with E-state index in [1.165, 1.54) is 17.7 Å². The van der Waals surface area contributed by atoms with Crippen molar-refractivity contribution in [3.05, 3.63) is 22.8 Å². The van der Waals surface area contributed by atoms with Gasteiger partial charge in [-0.2, -0.15) is 0 Å². The number of nitrogens with zero attached hydrogens (tertiary/aromatic N) is 2. The summed E-state index contributed by atoms with van der Waals surface area (Å²) in [6.07, 6.45) is 3.40. The molecule has 1 heterocycles. The van der Waals surface area contributed by atoms with Gasteiger partial charge in [-0.05, 0) is 37.7 Å². The summed E-state index contributed by atoms with van der Waals surface area (Å²) >= 11 is 0. The molecule has 1 aliphatic rings. The van der Waals surface area contributed by atoms with Gasteiger partial charge in [0.05, 0.1) is 5.69 Å². The molecule has 0 saturated carbocycles. The number of hydrogen-bond donors (Lipinski definition) is 1. The minimum absolute atomic E-state index is 0.0542. The predicted octanol–water partition coefficient (Wildman–Crippen LogP) is 1.93. The highest BCUT2D eigenvalue weighted by Crippen LogP contribution is 2.28. The predicted molar refractivity (Wildman–Crippen MR) is 60.6 cm³/mol. The molecule has 2 N–H and O–H groups in total. The van der Waals surface area contributed by atoms with Crippen molar-refractivity contribution < 1.29 is 0 Å². The maximum Gasteiger partial charge on any atom is 0.125 e. The van der Waals surface area contributed by atoms with Gasteiger partial charge < -0.3 is 5.73 Å². The van der Waals surface area contributed by atoms with Crippen LogP contribution in [0.4, 0.5) is 0 Å². The van der Waals surface area contributed by atoms with E-state index in [4.69, 9.17) is 5.73 Å². The summed E-state index contributed by atoms with van der Waals surface area (Å²) in [7, 11) is 0. The number of rotatable bonds is 2. The third-order valence-electron chi connectivity index (χ3n) is 3.11. The maximum absolute atomic E-state index is 6.19. The topological polar surface area (TPSA) is 51.8 Å². The van der Waals surface area contributed by atoms with Gasteiger partial charge in [-0.1, -0.05) is 13.8 Å². The number of aryl methyl sites for hydroxylation is 2. The van der Waals surface area contributed by atoms with E-state index < -0.39 is 0 Å². The fraction of sp³-hybridized carbons (Fsp3) is 0.667. The quantitative estimate of drug-likeness (QED) is 0.802. The molecule has 0 aliphatic heterocycles. The zero-order chi connectivity index (χ0) is 11.0. The average molecular weight is 205 g/mol. The van der Waals surface area contributed by atoms with Crippen LogP contribution < -0.4 is 5.73 Å². The first-order valence-electron chi connectivity index (χ1n) is 5.71. The van der Waals surface area contributed by atoms with Gasteiger partial charge >= 0.3 is 0 Å². The van der Waals surface area contributed by atoms with Gasteiger partial charge in [-0.3, -0.25) is 0 Å². The Labute approximate surface area is 91.1 Å². The molecular formula is C12H19N3. The molecule has 0 unspecified atom stereocenters. The molecule has 3 nitrogen and oxygen atoms in total. The molecule has 15 heavy (non-hydrogen) atoms. The summed E-state index contributed by atoms with van der Waals surface area (Å²) in [5.41, 5.74) is 9.83. The zero-order valence-electron chi connectivity index (χ0n) is 9.75. The first-order chi connectivity index (χ1) is 7.09. The van der Waals surface area contributed by atoms with Gasteiger partial charge in [0.25, 0.3) is 0 Å². The third-order valence-corrected chi connectivity index (χ3v) is 3.11. The van der Waals surface area contributed by atoms with Crippen LogP contribution in [0.3, 0.4) is 0 Å². The second kappa shape index (κ2) is 3.89. The molecule has 0 bridgehead atoms. The Morgan fingerprint density at radius 3 is 2.60 bits per heavy atom. The van der Waals surface area contributed by atoms with Gasteiger partial charge in [0.15, 0.2) is 0 Å². The van der Waals surface area contributed by atoms with Crippen LogP contribution in [0, 0.1) is 12.8 Å². The van der Waals surface area contributed by atoms with E-state index in [0.29, 0.717) is 5.92 Å². The minimum Gasteiger partial charge on any atom is -0.322 e. The van der Waals surface area contributed by atoms with Crippen LogP contribution in [0.1, 0.15) is 49.1 Å². The lowest BCUT2D eigenvalue weighted by atomic mass is 9.97. The summed E-state index contributed by atoms with van der Waals surface area (Å²) in [5, 5.41) is 0. The maximum atomic E-state index is 6.19. The number of hydrogen-bond acceptors (Lipinski definition) is 3. The zero-order valence-corrected chi connectivity index (χ0v) is 9.75. The van der Waals surface area contributed by atoms with Gasteiger partial charge in [0.2, 0.25) is 0 Å². The molecule has 0 radical (unpaired) electrons. The van der Waals surface area contributed by atoms with Crippen molar-refractivity contribution in [3.63, 3.8) is 0 Å². The van der Waals surface area contributed by atoms with Crippen LogP contribution in [0.15, 0.2) is 0 Å². The fourth-order valence-corrected chi connectivity index (χ4v) is 2.18. The van der Waals surface area contributed by atoms with Crippen molar-refractivity contribution in [3.8, 4) is 0 Å². The van der Waals surface area contributed by atoms with Crippen molar-refractivity contribution in [2.24, 2.45) is 11.7 Å². The lowest BCUT2D eigenvalue weighted by molar-refractivity contribution is 0.497. The van der Waals surface area contributed by atoms with Crippen molar-refractivity contribution in [1.29, 1.82) is 0 Å². The summed E-state index contributed by atoms with van der Waals surface area (Å²) in [6.45, 7) is 6.24. The van der Waals surface area contributed by atoms with Crippen LogP contribution in [-0.2, 0) is 12.8 Å². The van der Waals surface area contributed by atoms with Gasteiger partial charge in [-0.25, -0.2) is 9.97 Å². The Hall–Kier alpha value is -0.960. The monoisotopic (exact) mass is 205 g/mol. The smallest absolute Gasteiger partial charge is 0.125 e. The molecule has 0 spiro atoms. The molecule has 0 saturated heterocycles. The number of nitrogens with two attached hydrogens (primary N) is 1. The Balaban J connectivity index is 2.47. The SMILES string of the molecule is Cc1nc2c(c([C@@H](N)C(C)C)n1)CCC2. The summed E-state index contributed by atoms with van der Waals surface area (Å²) in [5.74, 6) is 1.30. The molecule has 0 amide bonds. The Morgan fingerprint density at radius 2 is 1.93 bits per heavy atom. The molecule has 2 rings (SSSR count). The van der Waals surface area contributed by atoms with Crippen LogP contribution in [0.25, 0.3) is 0 Å². The standard InChI is InChI=1S/C12H19N3/c1-7(2)11(13)12-9-5-4-6-10(9)14-8(3)15-12/h7,11H,4-6,13H2,1-3H3/t11-/m0/s1. The highest BCUT2D eigenvalue weighted by Gasteiger charge is 2.23. The third kappa shape index (κ3) is 1.88. The lowest BCUT2D eigenvalue weighted by Gasteiger charge is -2.18. The van der Waals surface area contributed by atoms with Gasteiger partial charge in [0.1, 0.15) is 5.82 Å². The van der Waals surface area contributed by atoms with Crippen molar-refractivity contribution in [1.82, 2.24) is 9.97 Å². The van der Waals surface area contributed by atoms with Gasteiger partial charge in [0, 0.05) is 11.7 Å². The lowest BCUT2D eigenvalue weighted by Crippen LogP contribution is -2.21. The van der Waals surface area contributed by atoms with E-state index in [1.54, 1.807) is 0 Å². The molecular weight excluding hydrogens is 186 g/mol.